The molecule has 2 rings (SSSR count). The number of benzene rings is 1. The predicted octanol–water partition coefficient (Wildman–Crippen LogP) is 4.08. The summed E-state index contributed by atoms with van der Waals surface area (Å²) in [6.07, 6.45) is 1.06. The van der Waals surface area contributed by atoms with Crippen LogP contribution in [0, 0.1) is 5.82 Å². The molecule has 82 valence electrons. The first-order chi connectivity index (χ1) is 6.83. The third-order valence-corrected chi connectivity index (χ3v) is 2.98. The van der Waals surface area contributed by atoms with Gasteiger partial charge in [0.15, 0.2) is 0 Å². The zero-order valence-corrected chi connectivity index (χ0v) is 9.40. The topological polar surface area (TPSA) is 0 Å². The third kappa shape index (κ3) is 1.90. The van der Waals surface area contributed by atoms with Crippen molar-refractivity contribution in [2.45, 2.75) is 44.7 Å². The molecule has 0 radical (unpaired) electrons. The Morgan fingerprint density at radius 1 is 1.20 bits per heavy atom. The zero-order valence-electron chi connectivity index (χ0n) is 9.40. The van der Waals surface area contributed by atoms with Crippen LogP contribution in [0.15, 0.2) is 18.2 Å². The Morgan fingerprint density at radius 2 is 1.80 bits per heavy atom. The van der Waals surface area contributed by atoms with Crippen LogP contribution in [0.5, 0.6) is 0 Å². The molecule has 1 aromatic carbocycles. The first-order valence-electron chi connectivity index (χ1n) is 5.32. The summed E-state index contributed by atoms with van der Waals surface area (Å²) in [5, 5.41) is 0. The normalized spacial score (nSPS) is 19.0. The van der Waals surface area contributed by atoms with Crippen molar-refractivity contribution in [2.24, 2.45) is 0 Å². The van der Waals surface area contributed by atoms with Gasteiger partial charge in [-0.1, -0.05) is 32.9 Å². The molecule has 0 aliphatic heterocycles. The summed E-state index contributed by atoms with van der Waals surface area (Å²) < 4.78 is 27.4. The van der Waals surface area contributed by atoms with Crippen LogP contribution in [0.3, 0.4) is 0 Å². The summed E-state index contributed by atoms with van der Waals surface area (Å²) in [6.45, 7) is 5.86. The third-order valence-electron chi connectivity index (χ3n) is 2.98. The van der Waals surface area contributed by atoms with Gasteiger partial charge in [0.25, 0.3) is 0 Å². The van der Waals surface area contributed by atoms with Crippen LogP contribution >= 0.6 is 0 Å². The summed E-state index contributed by atoms with van der Waals surface area (Å²) in [5.74, 6) is -0.288. The van der Waals surface area contributed by atoms with Crippen molar-refractivity contribution in [1.82, 2.24) is 0 Å². The quantitative estimate of drug-likeness (QED) is 0.655. The van der Waals surface area contributed by atoms with Crippen molar-refractivity contribution in [1.29, 1.82) is 0 Å². The highest BCUT2D eigenvalue weighted by Crippen LogP contribution is 2.49. The van der Waals surface area contributed by atoms with Gasteiger partial charge in [-0.05, 0) is 35.4 Å². The van der Waals surface area contributed by atoms with Crippen LogP contribution in [0.2, 0.25) is 0 Å². The summed E-state index contributed by atoms with van der Waals surface area (Å²) in [4.78, 5) is 0. The number of hydrogen-bond acceptors (Lipinski definition) is 0. The lowest BCUT2D eigenvalue weighted by Crippen LogP contribution is -2.14. The lowest BCUT2D eigenvalue weighted by atomic mass is 9.86. The SMILES string of the molecule is CC(C)(C)c1ccc(C2(F)CC2)cc1F. The molecule has 0 nitrogen and oxygen atoms in total. The Morgan fingerprint density at radius 3 is 2.20 bits per heavy atom. The van der Waals surface area contributed by atoms with Gasteiger partial charge in [-0.3, -0.25) is 0 Å². The number of alkyl halides is 1. The van der Waals surface area contributed by atoms with Gasteiger partial charge in [0.05, 0.1) is 0 Å². The molecule has 1 aliphatic carbocycles. The van der Waals surface area contributed by atoms with E-state index in [1.807, 2.05) is 20.8 Å². The van der Waals surface area contributed by atoms with Gasteiger partial charge in [-0.15, -0.1) is 0 Å². The second kappa shape index (κ2) is 3.03. The predicted molar refractivity (Wildman–Crippen MR) is 57.1 cm³/mol. The lowest BCUT2D eigenvalue weighted by Gasteiger charge is -2.20. The Bertz CT molecular complexity index is 384. The van der Waals surface area contributed by atoms with Crippen LogP contribution in [0.4, 0.5) is 8.78 Å². The summed E-state index contributed by atoms with van der Waals surface area (Å²) >= 11 is 0. The van der Waals surface area contributed by atoms with Crippen LogP contribution < -0.4 is 0 Å². The summed E-state index contributed by atoms with van der Waals surface area (Å²) in [6, 6.07) is 4.79. The van der Waals surface area contributed by atoms with Gasteiger partial charge in [0.2, 0.25) is 0 Å². The van der Waals surface area contributed by atoms with Gasteiger partial charge >= 0.3 is 0 Å². The summed E-state index contributed by atoms with van der Waals surface area (Å²) in [7, 11) is 0. The molecule has 0 atom stereocenters. The molecule has 15 heavy (non-hydrogen) atoms. The fourth-order valence-corrected chi connectivity index (χ4v) is 1.80. The molecule has 0 amide bonds. The Hall–Kier alpha value is -0.920. The average Bonchev–Trinajstić information content (AvgIpc) is 2.82. The molecule has 0 spiro atoms. The van der Waals surface area contributed by atoms with Crippen LogP contribution in [-0.4, -0.2) is 0 Å². The monoisotopic (exact) mass is 210 g/mol. The molecular formula is C13H16F2. The van der Waals surface area contributed by atoms with Crippen molar-refractivity contribution < 1.29 is 8.78 Å². The Balaban J connectivity index is 2.39. The van der Waals surface area contributed by atoms with Crippen molar-refractivity contribution in [3.05, 3.63) is 35.1 Å². The fourth-order valence-electron chi connectivity index (χ4n) is 1.80. The maximum atomic E-state index is 13.7. The van der Waals surface area contributed by atoms with E-state index >= 15 is 0 Å². The average molecular weight is 210 g/mol. The van der Waals surface area contributed by atoms with Gasteiger partial charge in [0.1, 0.15) is 11.5 Å². The highest BCUT2D eigenvalue weighted by Gasteiger charge is 2.45. The molecule has 1 aliphatic rings. The minimum absolute atomic E-state index is 0.227. The highest BCUT2D eigenvalue weighted by atomic mass is 19.1. The molecule has 0 heterocycles. The largest absolute Gasteiger partial charge is 0.239 e. The second-order valence-corrected chi connectivity index (χ2v) is 5.41. The summed E-state index contributed by atoms with van der Waals surface area (Å²) in [5.41, 5.74) is -0.323. The van der Waals surface area contributed by atoms with Gasteiger partial charge in [0, 0.05) is 0 Å². The minimum atomic E-state index is -1.24. The first-order valence-corrected chi connectivity index (χ1v) is 5.32. The lowest BCUT2D eigenvalue weighted by molar-refractivity contribution is 0.316. The van der Waals surface area contributed by atoms with Crippen LogP contribution in [0.25, 0.3) is 0 Å². The Kier molecular flexibility index (Phi) is 2.14. The van der Waals surface area contributed by atoms with Gasteiger partial charge in [-0.2, -0.15) is 0 Å². The Labute approximate surface area is 89.3 Å². The fraction of sp³-hybridized carbons (Fsp3) is 0.538. The molecule has 0 aromatic heterocycles. The van der Waals surface area contributed by atoms with E-state index < -0.39 is 5.67 Å². The molecule has 1 saturated carbocycles. The highest BCUT2D eigenvalue weighted by molar-refractivity contribution is 5.34. The van der Waals surface area contributed by atoms with E-state index in [0.717, 1.165) is 0 Å². The molecular weight excluding hydrogens is 194 g/mol. The van der Waals surface area contributed by atoms with E-state index in [2.05, 4.69) is 0 Å². The molecule has 0 N–H and O–H groups in total. The van der Waals surface area contributed by atoms with Crippen molar-refractivity contribution in [2.75, 3.05) is 0 Å². The molecule has 2 heteroatoms. The zero-order chi connectivity index (χ0) is 11.3. The van der Waals surface area contributed by atoms with E-state index in [1.54, 1.807) is 12.1 Å². The minimum Gasteiger partial charge on any atom is -0.239 e. The molecule has 0 bridgehead atoms. The second-order valence-electron chi connectivity index (χ2n) is 5.41. The van der Waals surface area contributed by atoms with Crippen LogP contribution in [0.1, 0.15) is 44.7 Å². The van der Waals surface area contributed by atoms with Crippen molar-refractivity contribution in [3.63, 3.8) is 0 Å². The van der Waals surface area contributed by atoms with E-state index in [-0.39, 0.29) is 11.2 Å². The maximum absolute atomic E-state index is 13.7. The molecule has 1 fully saturated rings. The smallest absolute Gasteiger partial charge is 0.136 e. The van der Waals surface area contributed by atoms with E-state index in [4.69, 9.17) is 0 Å². The van der Waals surface area contributed by atoms with Crippen molar-refractivity contribution in [3.8, 4) is 0 Å². The first kappa shape index (κ1) is 10.6. The number of hydrogen-bond donors (Lipinski definition) is 0. The van der Waals surface area contributed by atoms with Gasteiger partial charge in [-0.25, -0.2) is 8.78 Å². The number of rotatable bonds is 1. The van der Waals surface area contributed by atoms with E-state index in [9.17, 15) is 8.78 Å². The molecule has 0 unspecified atom stereocenters. The molecule has 1 aromatic rings. The van der Waals surface area contributed by atoms with E-state index in [1.165, 1.54) is 6.07 Å². The molecule has 0 saturated heterocycles. The van der Waals surface area contributed by atoms with Crippen molar-refractivity contribution >= 4 is 0 Å². The number of halogens is 2. The maximum Gasteiger partial charge on any atom is 0.136 e. The van der Waals surface area contributed by atoms with Crippen LogP contribution in [-0.2, 0) is 11.1 Å². The van der Waals surface area contributed by atoms with E-state index in [0.29, 0.717) is 24.0 Å². The van der Waals surface area contributed by atoms with Gasteiger partial charge < -0.3 is 0 Å². The standard InChI is InChI=1S/C13H16F2/c1-12(2,3)10-5-4-9(8-11(10)14)13(15)6-7-13/h4-5,8H,6-7H2,1-3H3.